The lowest BCUT2D eigenvalue weighted by Crippen LogP contribution is -1.97. The monoisotopic (exact) mass is 350 g/mol. The second-order valence-corrected chi connectivity index (χ2v) is 6.21. The van der Waals surface area contributed by atoms with E-state index >= 15 is 0 Å². The molecule has 1 aliphatic carbocycles. The molecule has 4 heteroatoms. The summed E-state index contributed by atoms with van der Waals surface area (Å²) in [6.45, 7) is 0. The van der Waals surface area contributed by atoms with Gasteiger partial charge >= 0.3 is 0 Å². The molecular formula is C20H12Cl2N2. The van der Waals surface area contributed by atoms with Gasteiger partial charge in [-0.05, 0) is 17.2 Å². The van der Waals surface area contributed by atoms with Crippen molar-refractivity contribution < 1.29 is 0 Å². The highest BCUT2D eigenvalue weighted by atomic mass is 35.5. The molecule has 0 saturated heterocycles. The Hall–Kier alpha value is -2.42. The first kappa shape index (κ1) is 15.1. The van der Waals surface area contributed by atoms with E-state index in [-0.39, 0.29) is 0 Å². The van der Waals surface area contributed by atoms with Crippen molar-refractivity contribution in [3.05, 3.63) is 93.5 Å². The highest BCUT2D eigenvalue weighted by Gasteiger charge is 2.23. The molecule has 0 saturated carbocycles. The van der Waals surface area contributed by atoms with Crippen molar-refractivity contribution in [2.75, 3.05) is 0 Å². The number of fused-ring (bicyclic) bond motifs is 3. The zero-order valence-corrected chi connectivity index (χ0v) is 14.1. The fraction of sp³-hybridized carbons (Fsp3) is 0. The molecule has 3 aromatic carbocycles. The average Bonchev–Trinajstić information content (AvgIpc) is 2.93. The maximum atomic E-state index is 6.18. The molecule has 0 spiro atoms. The van der Waals surface area contributed by atoms with Crippen molar-refractivity contribution in [1.29, 1.82) is 0 Å². The highest BCUT2D eigenvalue weighted by Crippen LogP contribution is 2.36. The Morgan fingerprint density at radius 1 is 0.667 bits per heavy atom. The van der Waals surface area contributed by atoms with E-state index in [0.717, 1.165) is 22.4 Å². The van der Waals surface area contributed by atoms with Gasteiger partial charge in [0.15, 0.2) is 0 Å². The molecule has 4 rings (SSSR count). The van der Waals surface area contributed by atoms with E-state index in [9.17, 15) is 0 Å². The van der Waals surface area contributed by atoms with Gasteiger partial charge in [-0.1, -0.05) is 83.9 Å². The Kier molecular flexibility index (Phi) is 3.93. The Balaban J connectivity index is 1.78. The Morgan fingerprint density at radius 2 is 1.25 bits per heavy atom. The number of hydrogen-bond acceptors (Lipinski definition) is 2. The fourth-order valence-electron chi connectivity index (χ4n) is 2.87. The van der Waals surface area contributed by atoms with Crippen molar-refractivity contribution in [3.63, 3.8) is 0 Å². The molecule has 0 radical (unpaired) electrons. The van der Waals surface area contributed by atoms with Gasteiger partial charge in [0.2, 0.25) is 0 Å². The molecule has 0 N–H and O–H groups in total. The smallest absolute Gasteiger partial charge is 0.101 e. The van der Waals surface area contributed by atoms with Crippen molar-refractivity contribution in [2.24, 2.45) is 10.2 Å². The summed E-state index contributed by atoms with van der Waals surface area (Å²) in [5, 5.41) is 9.69. The molecule has 0 unspecified atom stereocenters. The number of halogens is 2. The molecule has 24 heavy (non-hydrogen) atoms. The lowest BCUT2D eigenvalue weighted by molar-refractivity contribution is 1.25. The van der Waals surface area contributed by atoms with Crippen LogP contribution in [-0.2, 0) is 0 Å². The first-order valence-corrected chi connectivity index (χ1v) is 8.25. The van der Waals surface area contributed by atoms with E-state index in [4.69, 9.17) is 23.2 Å². The van der Waals surface area contributed by atoms with Crippen LogP contribution in [0.4, 0.5) is 0 Å². The van der Waals surface area contributed by atoms with E-state index in [0.29, 0.717) is 10.0 Å². The van der Waals surface area contributed by atoms with E-state index in [1.807, 2.05) is 36.4 Å². The number of benzene rings is 3. The van der Waals surface area contributed by atoms with Gasteiger partial charge in [0.1, 0.15) is 5.71 Å². The largest absolute Gasteiger partial charge is 0.158 e. The molecule has 0 bridgehead atoms. The summed E-state index contributed by atoms with van der Waals surface area (Å²) in [6.07, 6.45) is 1.63. The zero-order valence-electron chi connectivity index (χ0n) is 12.6. The molecule has 0 aliphatic heterocycles. The summed E-state index contributed by atoms with van der Waals surface area (Å²) in [6, 6.07) is 21.9. The third-order valence-corrected chi connectivity index (χ3v) is 4.82. The normalized spacial score (nSPS) is 12.3. The second-order valence-electron chi connectivity index (χ2n) is 5.43. The van der Waals surface area contributed by atoms with E-state index < -0.39 is 0 Å². The quantitative estimate of drug-likeness (QED) is 0.320. The minimum Gasteiger partial charge on any atom is -0.158 e. The molecular weight excluding hydrogens is 339 g/mol. The van der Waals surface area contributed by atoms with Gasteiger partial charge in [-0.3, -0.25) is 0 Å². The van der Waals surface area contributed by atoms with Crippen molar-refractivity contribution in [2.45, 2.75) is 0 Å². The van der Waals surface area contributed by atoms with Crippen LogP contribution in [0.2, 0.25) is 10.0 Å². The first-order valence-electron chi connectivity index (χ1n) is 7.50. The minimum atomic E-state index is 0.482. The van der Waals surface area contributed by atoms with Crippen LogP contribution in [0.3, 0.4) is 0 Å². The molecule has 0 amide bonds. The molecule has 2 nitrogen and oxygen atoms in total. The molecule has 0 heterocycles. The maximum Gasteiger partial charge on any atom is 0.101 e. The van der Waals surface area contributed by atoms with Crippen LogP contribution in [0.15, 0.2) is 76.9 Å². The summed E-state index contributed by atoms with van der Waals surface area (Å²) < 4.78 is 0. The standard InChI is InChI=1S/C20H12Cl2N2/c21-18-11-5-6-13(19(18)22)12-23-24-20-16-9-3-1-7-14(16)15-8-2-4-10-17(15)20/h1-12H. The first-order chi connectivity index (χ1) is 11.8. The summed E-state index contributed by atoms with van der Waals surface area (Å²) in [4.78, 5) is 0. The maximum absolute atomic E-state index is 6.18. The van der Waals surface area contributed by atoms with Gasteiger partial charge in [-0.25, -0.2) is 0 Å². The molecule has 3 aromatic rings. The fourth-order valence-corrected chi connectivity index (χ4v) is 3.23. The van der Waals surface area contributed by atoms with E-state index in [1.54, 1.807) is 12.3 Å². The van der Waals surface area contributed by atoms with E-state index in [2.05, 4.69) is 34.5 Å². The second kappa shape index (κ2) is 6.23. The SMILES string of the molecule is Clc1cccc(C=NN=C2c3ccccc3-c3ccccc32)c1Cl. The van der Waals surface area contributed by atoms with Crippen LogP contribution in [-0.4, -0.2) is 11.9 Å². The van der Waals surface area contributed by atoms with Crippen molar-refractivity contribution >= 4 is 35.1 Å². The van der Waals surface area contributed by atoms with Crippen LogP contribution in [0.1, 0.15) is 16.7 Å². The predicted molar refractivity (Wildman–Crippen MR) is 102 cm³/mol. The predicted octanol–water partition coefficient (Wildman–Crippen LogP) is 5.85. The Labute approximate surface area is 150 Å². The topological polar surface area (TPSA) is 24.7 Å². The summed E-state index contributed by atoms with van der Waals surface area (Å²) in [5.41, 5.74) is 6.16. The van der Waals surface area contributed by atoms with Crippen molar-refractivity contribution in [1.82, 2.24) is 0 Å². The van der Waals surface area contributed by atoms with Gasteiger partial charge < -0.3 is 0 Å². The third kappa shape index (κ3) is 2.54. The molecule has 0 atom stereocenters. The molecule has 1 aliphatic rings. The highest BCUT2D eigenvalue weighted by molar-refractivity contribution is 6.43. The summed E-state index contributed by atoms with van der Waals surface area (Å²) in [5.74, 6) is 0. The molecule has 116 valence electrons. The van der Waals surface area contributed by atoms with Crippen LogP contribution < -0.4 is 0 Å². The Morgan fingerprint density at radius 3 is 1.88 bits per heavy atom. The lowest BCUT2D eigenvalue weighted by atomic mass is 10.1. The third-order valence-electron chi connectivity index (χ3n) is 3.99. The number of rotatable bonds is 2. The summed E-state index contributed by atoms with van der Waals surface area (Å²) in [7, 11) is 0. The molecule has 0 aromatic heterocycles. The van der Waals surface area contributed by atoms with Crippen molar-refractivity contribution in [3.8, 4) is 11.1 Å². The van der Waals surface area contributed by atoms with Crippen LogP contribution in [0.5, 0.6) is 0 Å². The molecule has 0 fully saturated rings. The van der Waals surface area contributed by atoms with Gasteiger partial charge in [0.25, 0.3) is 0 Å². The summed E-state index contributed by atoms with van der Waals surface area (Å²) >= 11 is 12.2. The van der Waals surface area contributed by atoms with E-state index in [1.165, 1.54) is 11.1 Å². The zero-order chi connectivity index (χ0) is 16.5. The van der Waals surface area contributed by atoms with Crippen LogP contribution in [0, 0.1) is 0 Å². The van der Waals surface area contributed by atoms with Gasteiger partial charge in [-0.2, -0.15) is 5.10 Å². The average molecular weight is 351 g/mol. The van der Waals surface area contributed by atoms with Gasteiger partial charge in [0, 0.05) is 16.7 Å². The van der Waals surface area contributed by atoms with Gasteiger partial charge in [0.05, 0.1) is 16.3 Å². The van der Waals surface area contributed by atoms with Crippen LogP contribution >= 0.6 is 23.2 Å². The Bertz CT molecular complexity index is 943. The van der Waals surface area contributed by atoms with Gasteiger partial charge in [-0.15, -0.1) is 5.10 Å². The minimum absolute atomic E-state index is 0.482. The lowest BCUT2D eigenvalue weighted by Gasteiger charge is -2.00. The number of nitrogens with zero attached hydrogens (tertiary/aromatic N) is 2. The van der Waals surface area contributed by atoms with Crippen LogP contribution in [0.25, 0.3) is 11.1 Å². The number of hydrogen-bond donors (Lipinski definition) is 0.